The van der Waals surface area contributed by atoms with Gasteiger partial charge in [-0.25, -0.2) is 4.79 Å². The molecule has 3 nitrogen and oxygen atoms in total. The number of hydrogen-bond donors (Lipinski definition) is 0. The van der Waals surface area contributed by atoms with E-state index in [1.165, 1.54) is 12.1 Å². The molecule has 0 N–H and O–H groups in total. The first kappa shape index (κ1) is 16.9. The molecule has 0 aliphatic carbocycles. The Hall–Kier alpha value is -1.20. The normalized spacial score (nSPS) is 11.0. The van der Waals surface area contributed by atoms with Crippen LogP contribution in [0.3, 0.4) is 0 Å². The number of carbonyl (C=O) groups is 1. The Morgan fingerprint density at radius 1 is 1.50 bits per heavy atom. The molecular formula is C12H9BrF3NO2S. The van der Waals surface area contributed by atoms with Gasteiger partial charge in [0.05, 0.1) is 17.7 Å². The van der Waals surface area contributed by atoms with E-state index < -0.39 is 23.2 Å². The molecule has 0 unspecified atom stereocenters. The largest absolute Gasteiger partial charge is 0.462 e. The lowest BCUT2D eigenvalue weighted by atomic mass is 10.0. The van der Waals surface area contributed by atoms with Crippen LogP contribution in [-0.2, 0) is 10.1 Å². The van der Waals surface area contributed by atoms with Gasteiger partial charge in [0.25, 0.3) is 0 Å². The summed E-state index contributed by atoms with van der Waals surface area (Å²) in [6.07, 6.45) is 0. The number of rotatable bonds is 4. The summed E-state index contributed by atoms with van der Waals surface area (Å²) in [6, 6.07) is 4.21. The van der Waals surface area contributed by atoms with Gasteiger partial charge in [0.1, 0.15) is 6.07 Å². The Balaban J connectivity index is 3.41. The van der Waals surface area contributed by atoms with Gasteiger partial charge in [-0.3, -0.25) is 0 Å². The Bertz CT molecular complexity index is 555. The van der Waals surface area contributed by atoms with Crippen LogP contribution in [0.2, 0.25) is 0 Å². The number of thioether (sulfide) groups is 1. The maximum Gasteiger partial charge on any atom is 0.446 e. The number of esters is 1. The van der Waals surface area contributed by atoms with Crippen molar-refractivity contribution in [2.75, 3.05) is 6.61 Å². The lowest BCUT2D eigenvalue weighted by molar-refractivity contribution is -0.0328. The highest BCUT2D eigenvalue weighted by molar-refractivity contribution is 9.08. The van der Waals surface area contributed by atoms with E-state index in [0.717, 1.165) is 0 Å². The van der Waals surface area contributed by atoms with Gasteiger partial charge in [-0.15, -0.1) is 0 Å². The zero-order valence-electron chi connectivity index (χ0n) is 10.3. The second-order valence-corrected chi connectivity index (χ2v) is 5.15. The van der Waals surface area contributed by atoms with Crippen molar-refractivity contribution in [3.05, 3.63) is 28.8 Å². The summed E-state index contributed by atoms with van der Waals surface area (Å²) >= 11 is 2.71. The molecule has 1 aromatic carbocycles. The molecule has 108 valence electrons. The van der Waals surface area contributed by atoms with Crippen LogP contribution in [0.4, 0.5) is 13.2 Å². The first-order valence-corrected chi connectivity index (χ1v) is 7.32. The third-order valence-electron chi connectivity index (χ3n) is 2.21. The van der Waals surface area contributed by atoms with Crippen LogP contribution in [0.15, 0.2) is 17.0 Å². The molecule has 0 bridgehead atoms. The minimum Gasteiger partial charge on any atom is -0.462 e. The SMILES string of the molecule is CCOC(=O)c1c(CBr)ccc(SC(F)(F)F)c1C#N. The molecule has 0 aromatic heterocycles. The van der Waals surface area contributed by atoms with Gasteiger partial charge < -0.3 is 4.74 Å². The lowest BCUT2D eigenvalue weighted by Crippen LogP contribution is -2.12. The van der Waals surface area contributed by atoms with E-state index in [1.807, 2.05) is 0 Å². The van der Waals surface area contributed by atoms with E-state index in [2.05, 4.69) is 15.9 Å². The van der Waals surface area contributed by atoms with Crippen molar-refractivity contribution >= 4 is 33.7 Å². The van der Waals surface area contributed by atoms with Gasteiger partial charge >= 0.3 is 11.5 Å². The molecule has 0 heterocycles. The summed E-state index contributed by atoms with van der Waals surface area (Å²) in [5, 5.41) is 9.31. The van der Waals surface area contributed by atoms with E-state index in [-0.39, 0.29) is 28.0 Å². The van der Waals surface area contributed by atoms with Crippen LogP contribution in [0.5, 0.6) is 0 Å². The molecule has 0 saturated carbocycles. The highest BCUT2D eigenvalue weighted by Gasteiger charge is 2.32. The monoisotopic (exact) mass is 367 g/mol. The van der Waals surface area contributed by atoms with Gasteiger partial charge in [-0.05, 0) is 30.3 Å². The quantitative estimate of drug-likeness (QED) is 0.453. The minimum absolute atomic E-state index is 0.0715. The van der Waals surface area contributed by atoms with Crippen molar-refractivity contribution in [2.24, 2.45) is 0 Å². The van der Waals surface area contributed by atoms with E-state index >= 15 is 0 Å². The maximum atomic E-state index is 12.4. The van der Waals surface area contributed by atoms with Crippen LogP contribution < -0.4 is 0 Å². The van der Waals surface area contributed by atoms with Gasteiger partial charge in [0.2, 0.25) is 0 Å². The number of benzene rings is 1. The van der Waals surface area contributed by atoms with Crippen LogP contribution in [-0.4, -0.2) is 18.1 Å². The Morgan fingerprint density at radius 3 is 2.60 bits per heavy atom. The molecule has 0 saturated heterocycles. The summed E-state index contributed by atoms with van der Waals surface area (Å²) in [7, 11) is 0. The van der Waals surface area contributed by atoms with E-state index in [0.29, 0.717) is 5.56 Å². The fourth-order valence-electron chi connectivity index (χ4n) is 1.50. The Morgan fingerprint density at radius 2 is 2.15 bits per heavy atom. The van der Waals surface area contributed by atoms with Gasteiger partial charge in [-0.2, -0.15) is 18.4 Å². The van der Waals surface area contributed by atoms with Crippen molar-refractivity contribution < 1.29 is 22.7 Å². The summed E-state index contributed by atoms with van der Waals surface area (Å²) < 4.78 is 42.1. The molecule has 1 rings (SSSR count). The standard InChI is InChI=1S/C12H9BrF3NO2S/c1-2-19-11(18)10-7(5-13)3-4-9(8(10)6-17)20-12(14,15)16/h3-4H,2,5H2,1H3. The highest BCUT2D eigenvalue weighted by atomic mass is 79.9. The number of nitriles is 1. The van der Waals surface area contributed by atoms with Crippen molar-refractivity contribution in [3.63, 3.8) is 0 Å². The molecule has 0 atom stereocenters. The van der Waals surface area contributed by atoms with Crippen molar-refractivity contribution in [1.82, 2.24) is 0 Å². The first-order valence-electron chi connectivity index (χ1n) is 5.38. The van der Waals surface area contributed by atoms with Crippen LogP contribution in [0, 0.1) is 11.3 Å². The summed E-state index contributed by atoms with van der Waals surface area (Å²) in [6.45, 7) is 1.65. The molecule has 0 aliphatic heterocycles. The van der Waals surface area contributed by atoms with Crippen LogP contribution in [0.1, 0.15) is 28.4 Å². The molecule has 8 heteroatoms. The molecule has 0 spiro atoms. The first-order chi connectivity index (χ1) is 9.34. The molecule has 20 heavy (non-hydrogen) atoms. The van der Waals surface area contributed by atoms with Crippen molar-refractivity contribution in [3.8, 4) is 6.07 Å². The predicted molar refractivity (Wildman–Crippen MR) is 71.7 cm³/mol. The molecule has 1 aromatic rings. The average molecular weight is 368 g/mol. The Kier molecular flexibility index (Phi) is 5.89. The number of halogens is 4. The fourth-order valence-corrected chi connectivity index (χ4v) is 2.60. The van der Waals surface area contributed by atoms with Crippen LogP contribution in [0.25, 0.3) is 0 Å². The smallest absolute Gasteiger partial charge is 0.446 e. The lowest BCUT2D eigenvalue weighted by Gasteiger charge is -2.13. The highest BCUT2D eigenvalue weighted by Crippen LogP contribution is 2.40. The number of hydrogen-bond acceptors (Lipinski definition) is 4. The third-order valence-corrected chi connectivity index (χ3v) is 3.61. The van der Waals surface area contributed by atoms with Crippen LogP contribution >= 0.6 is 27.7 Å². The Labute approximate surface area is 126 Å². The van der Waals surface area contributed by atoms with E-state index in [1.54, 1.807) is 13.0 Å². The van der Waals surface area contributed by atoms with E-state index in [4.69, 9.17) is 10.00 Å². The topological polar surface area (TPSA) is 50.1 Å². The average Bonchev–Trinajstić information content (AvgIpc) is 2.36. The molecule has 0 radical (unpaired) electrons. The number of ether oxygens (including phenoxy) is 1. The van der Waals surface area contributed by atoms with Gasteiger partial charge in [0.15, 0.2) is 0 Å². The fraction of sp³-hybridized carbons (Fsp3) is 0.333. The zero-order chi connectivity index (χ0) is 15.3. The zero-order valence-corrected chi connectivity index (χ0v) is 12.7. The maximum absolute atomic E-state index is 12.4. The summed E-state index contributed by atoms with van der Waals surface area (Å²) in [5.74, 6) is -0.803. The molecule has 0 fully saturated rings. The second-order valence-electron chi connectivity index (χ2n) is 3.49. The second kappa shape index (κ2) is 6.99. The van der Waals surface area contributed by atoms with Crippen molar-refractivity contribution in [2.45, 2.75) is 22.7 Å². The van der Waals surface area contributed by atoms with Gasteiger partial charge in [-0.1, -0.05) is 22.0 Å². The number of carbonyl (C=O) groups excluding carboxylic acids is 1. The molecular weight excluding hydrogens is 359 g/mol. The number of nitrogens with zero attached hydrogens (tertiary/aromatic N) is 1. The van der Waals surface area contributed by atoms with E-state index in [9.17, 15) is 18.0 Å². The predicted octanol–water partition coefficient (Wildman–Crippen LogP) is 4.24. The molecule has 0 amide bonds. The number of alkyl halides is 4. The summed E-state index contributed by atoms with van der Waals surface area (Å²) in [5.41, 5.74) is -4.57. The summed E-state index contributed by atoms with van der Waals surface area (Å²) in [4.78, 5) is 11.5. The van der Waals surface area contributed by atoms with Gasteiger partial charge in [0, 0.05) is 10.2 Å². The third kappa shape index (κ3) is 4.15. The molecule has 0 aliphatic rings. The van der Waals surface area contributed by atoms with Crippen molar-refractivity contribution in [1.29, 1.82) is 5.26 Å². The minimum atomic E-state index is -4.53.